The molecule has 1 atom stereocenters. The van der Waals surface area contributed by atoms with E-state index in [0.29, 0.717) is 0 Å². The number of amides is 1. The van der Waals surface area contributed by atoms with Crippen molar-refractivity contribution in [2.75, 3.05) is 0 Å². The van der Waals surface area contributed by atoms with Gasteiger partial charge < -0.3 is 11.1 Å². The summed E-state index contributed by atoms with van der Waals surface area (Å²) in [6.45, 7) is 6.26. The molecule has 1 aromatic rings. The highest BCUT2D eigenvalue weighted by atomic mass is 16.2. The minimum atomic E-state index is -0.650. The Morgan fingerprint density at radius 3 is 2.39 bits per heavy atom. The van der Waals surface area contributed by atoms with Crippen LogP contribution in [0.15, 0.2) is 12.4 Å². The monoisotopic (exact) mass is 252 g/mol. The zero-order chi connectivity index (χ0) is 13.8. The maximum Gasteiger partial charge on any atom is 0.242 e. The first-order valence-electron chi connectivity index (χ1n) is 6.54. The molecular formula is C13H24N4O. The molecule has 0 saturated heterocycles. The molecule has 0 saturated carbocycles. The van der Waals surface area contributed by atoms with Gasteiger partial charge in [-0.1, -0.05) is 20.8 Å². The van der Waals surface area contributed by atoms with Gasteiger partial charge in [-0.05, 0) is 19.3 Å². The molecule has 5 nitrogen and oxygen atoms in total. The summed E-state index contributed by atoms with van der Waals surface area (Å²) in [5.41, 5.74) is 6.56. The van der Waals surface area contributed by atoms with Crippen LogP contribution in [0.3, 0.4) is 0 Å². The highest BCUT2D eigenvalue weighted by Gasteiger charge is 2.28. The zero-order valence-electron chi connectivity index (χ0n) is 11.7. The molecule has 1 heterocycles. The van der Waals surface area contributed by atoms with Crippen molar-refractivity contribution in [2.24, 2.45) is 12.8 Å². The minimum Gasteiger partial charge on any atom is -0.349 e. The fourth-order valence-electron chi connectivity index (χ4n) is 2.11. The summed E-state index contributed by atoms with van der Waals surface area (Å²) in [5.74, 6) is -0.131. The van der Waals surface area contributed by atoms with Crippen molar-refractivity contribution >= 4 is 5.91 Å². The van der Waals surface area contributed by atoms with Crippen LogP contribution in [0.5, 0.6) is 0 Å². The van der Waals surface area contributed by atoms with Crippen molar-refractivity contribution in [3.8, 4) is 0 Å². The van der Waals surface area contributed by atoms with E-state index in [0.717, 1.165) is 24.8 Å². The van der Waals surface area contributed by atoms with Crippen LogP contribution in [0.2, 0.25) is 0 Å². The van der Waals surface area contributed by atoms with E-state index in [9.17, 15) is 4.79 Å². The van der Waals surface area contributed by atoms with Crippen molar-refractivity contribution in [3.63, 3.8) is 0 Å². The summed E-state index contributed by atoms with van der Waals surface area (Å²) in [4.78, 5) is 12.2. The minimum absolute atomic E-state index is 0.131. The quantitative estimate of drug-likeness (QED) is 0.806. The smallest absolute Gasteiger partial charge is 0.242 e. The van der Waals surface area contributed by atoms with Crippen molar-refractivity contribution in [2.45, 2.75) is 51.6 Å². The van der Waals surface area contributed by atoms with Crippen LogP contribution in [0.25, 0.3) is 0 Å². The SMILES string of the molecule is CCC(CC)(CC)NC(=O)C(N)c1cnn(C)c1. The zero-order valence-corrected chi connectivity index (χ0v) is 11.7. The Balaban J connectivity index is 2.76. The van der Waals surface area contributed by atoms with Crippen molar-refractivity contribution < 1.29 is 4.79 Å². The second-order valence-electron chi connectivity index (χ2n) is 4.76. The standard InChI is InChI=1S/C13H24N4O/c1-5-13(6-2,7-3)16-12(18)11(14)10-8-15-17(4)9-10/h8-9,11H,5-7,14H2,1-4H3,(H,16,18). The Morgan fingerprint density at radius 1 is 1.44 bits per heavy atom. The predicted molar refractivity (Wildman–Crippen MR) is 71.9 cm³/mol. The molecule has 3 N–H and O–H groups in total. The van der Waals surface area contributed by atoms with E-state index < -0.39 is 6.04 Å². The Labute approximate surface area is 109 Å². The molecule has 0 aliphatic rings. The summed E-state index contributed by atoms with van der Waals surface area (Å²) in [6.07, 6.45) is 6.13. The van der Waals surface area contributed by atoms with Gasteiger partial charge in [-0.15, -0.1) is 0 Å². The molecule has 102 valence electrons. The molecule has 0 aliphatic heterocycles. The van der Waals surface area contributed by atoms with Crippen LogP contribution in [-0.2, 0) is 11.8 Å². The Morgan fingerprint density at radius 2 is 2.00 bits per heavy atom. The lowest BCUT2D eigenvalue weighted by Gasteiger charge is -2.32. The molecule has 0 fully saturated rings. The molecular weight excluding hydrogens is 228 g/mol. The van der Waals surface area contributed by atoms with E-state index in [1.165, 1.54) is 0 Å². The number of carbonyl (C=O) groups is 1. The Kier molecular flexibility index (Phi) is 4.90. The molecule has 0 aliphatic carbocycles. The largest absolute Gasteiger partial charge is 0.349 e. The number of aromatic nitrogens is 2. The average Bonchev–Trinajstić information content (AvgIpc) is 2.81. The second kappa shape index (κ2) is 6.00. The summed E-state index contributed by atoms with van der Waals surface area (Å²) in [5, 5.41) is 7.12. The van der Waals surface area contributed by atoms with Gasteiger partial charge in [-0.3, -0.25) is 9.48 Å². The summed E-state index contributed by atoms with van der Waals surface area (Å²) >= 11 is 0. The molecule has 18 heavy (non-hydrogen) atoms. The van der Waals surface area contributed by atoms with Gasteiger partial charge in [-0.25, -0.2) is 0 Å². The third-order valence-corrected chi connectivity index (χ3v) is 3.79. The lowest BCUT2D eigenvalue weighted by atomic mass is 9.89. The van der Waals surface area contributed by atoms with Gasteiger partial charge in [0.2, 0.25) is 5.91 Å². The first-order valence-corrected chi connectivity index (χ1v) is 6.54. The molecule has 1 amide bonds. The van der Waals surface area contributed by atoms with Crippen molar-refractivity contribution in [3.05, 3.63) is 18.0 Å². The summed E-state index contributed by atoms with van der Waals surface area (Å²) in [7, 11) is 1.81. The van der Waals surface area contributed by atoms with Crippen molar-refractivity contribution in [1.29, 1.82) is 0 Å². The lowest BCUT2D eigenvalue weighted by Crippen LogP contribution is -2.50. The number of carbonyl (C=O) groups excluding carboxylic acids is 1. The normalized spacial score (nSPS) is 13.4. The summed E-state index contributed by atoms with van der Waals surface area (Å²) in [6, 6.07) is -0.650. The lowest BCUT2D eigenvalue weighted by molar-refractivity contribution is -0.124. The van der Waals surface area contributed by atoms with Gasteiger partial charge in [0.25, 0.3) is 0 Å². The van der Waals surface area contributed by atoms with Crippen LogP contribution in [0.4, 0.5) is 0 Å². The van der Waals surface area contributed by atoms with Crippen molar-refractivity contribution in [1.82, 2.24) is 15.1 Å². The third-order valence-electron chi connectivity index (χ3n) is 3.79. The third kappa shape index (κ3) is 3.10. The second-order valence-corrected chi connectivity index (χ2v) is 4.76. The van der Waals surface area contributed by atoms with Gasteiger partial charge in [0.15, 0.2) is 0 Å². The molecule has 1 aromatic heterocycles. The fraction of sp³-hybridized carbons (Fsp3) is 0.692. The first-order chi connectivity index (χ1) is 8.48. The molecule has 0 spiro atoms. The first kappa shape index (κ1) is 14.7. The molecule has 1 unspecified atom stereocenters. The van der Waals surface area contributed by atoms with Crippen LogP contribution >= 0.6 is 0 Å². The number of nitrogens with two attached hydrogens (primary N) is 1. The Bertz CT molecular complexity index is 387. The molecule has 1 rings (SSSR count). The maximum absolute atomic E-state index is 12.2. The van der Waals surface area contributed by atoms with Gasteiger partial charge in [-0.2, -0.15) is 5.10 Å². The van der Waals surface area contributed by atoms with Gasteiger partial charge >= 0.3 is 0 Å². The van der Waals surface area contributed by atoms with E-state index in [-0.39, 0.29) is 11.4 Å². The van der Waals surface area contributed by atoms with E-state index >= 15 is 0 Å². The number of nitrogens with one attached hydrogen (secondary N) is 1. The number of aryl methyl sites for hydroxylation is 1. The molecule has 0 radical (unpaired) electrons. The topological polar surface area (TPSA) is 72.9 Å². The summed E-state index contributed by atoms with van der Waals surface area (Å²) < 4.78 is 1.65. The number of hydrogen-bond donors (Lipinski definition) is 2. The Hall–Kier alpha value is -1.36. The van der Waals surface area contributed by atoms with E-state index in [2.05, 4.69) is 31.2 Å². The van der Waals surface area contributed by atoms with E-state index in [1.807, 2.05) is 7.05 Å². The molecule has 0 aromatic carbocycles. The van der Waals surface area contributed by atoms with Crippen LogP contribution in [0, 0.1) is 0 Å². The highest BCUT2D eigenvalue weighted by molar-refractivity contribution is 5.83. The van der Waals surface area contributed by atoms with Gasteiger partial charge in [0, 0.05) is 24.3 Å². The van der Waals surface area contributed by atoms with Crippen LogP contribution < -0.4 is 11.1 Å². The fourth-order valence-corrected chi connectivity index (χ4v) is 2.11. The number of rotatable bonds is 6. The molecule has 0 bridgehead atoms. The maximum atomic E-state index is 12.2. The number of hydrogen-bond acceptors (Lipinski definition) is 3. The van der Waals surface area contributed by atoms with E-state index in [1.54, 1.807) is 17.1 Å². The van der Waals surface area contributed by atoms with Gasteiger partial charge in [0.1, 0.15) is 6.04 Å². The van der Waals surface area contributed by atoms with E-state index in [4.69, 9.17) is 5.73 Å². The number of nitrogens with zero attached hydrogens (tertiary/aromatic N) is 2. The van der Waals surface area contributed by atoms with Crippen LogP contribution in [0.1, 0.15) is 51.6 Å². The highest BCUT2D eigenvalue weighted by Crippen LogP contribution is 2.20. The average molecular weight is 252 g/mol. The van der Waals surface area contributed by atoms with Gasteiger partial charge in [0.05, 0.1) is 6.20 Å². The van der Waals surface area contributed by atoms with Crippen LogP contribution in [-0.4, -0.2) is 21.2 Å². The molecule has 5 heteroatoms. The predicted octanol–water partition coefficient (Wildman–Crippen LogP) is 1.50.